The Morgan fingerprint density at radius 2 is 1.92 bits per heavy atom. The van der Waals surface area contributed by atoms with E-state index < -0.39 is 5.91 Å². The second-order valence-electron chi connectivity index (χ2n) is 8.21. The van der Waals surface area contributed by atoms with E-state index >= 15 is 0 Å². The van der Waals surface area contributed by atoms with Crippen LogP contribution in [0.2, 0.25) is 0 Å². The van der Waals surface area contributed by atoms with Gasteiger partial charge in [0.05, 0.1) is 6.21 Å². The van der Waals surface area contributed by atoms with Crippen molar-refractivity contribution >= 4 is 17.9 Å². The Morgan fingerprint density at radius 3 is 2.59 bits per heavy atom. The van der Waals surface area contributed by atoms with Crippen LogP contribution in [0.1, 0.15) is 46.7 Å². The molecule has 0 radical (unpaired) electrons. The number of ether oxygens (including phenoxy) is 1. The number of amides is 1. The van der Waals surface area contributed by atoms with E-state index in [1.165, 1.54) is 16.5 Å². The molecule has 2 aromatic heterocycles. The van der Waals surface area contributed by atoms with Crippen LogP contribution in [-0.2, 0) is 13.2 Å². The molecule has 0 saturated heterocycles. The molecule has 2 aromatic carbocycles. The highest BCUT2D eigenvalue weighted by Crippen LogP contribution is 2.18. The van der Waals surface area contributed by atoms with Gasteiger partial charge in [-0.1, -0.05) is 43.3 Å². The number of aromatic nitrogens is 5. The maximum Gasteiger partial charge on any atom is 0.292 e. The van der Waals surface area contributed by atoms with Crippen LogP contribution in [0.5, 0.6) is 5.75 Å². The average molecular weight is 504 g/mol. The molecular formula is C25H29N9O3. The number of hydrazone groups is 1. The monoisotopic (exact) mass is 503 g/mol. The molecule has 0 unspecified atom stereocenters. The van der Waals surface area contributed by atoms with E-state index in [-0.39, 0.29) is 17.3 Å². The number of nitrogens with zero attached hydrogens (tertiary/aromatic N) is 7. The fourth-order valence-electron chi connectivity index (χ4n) is 3.59. The molecule has 0 aliphatic heterocycles. The Morgan fingerprint density at radius 1 is 1.16 bits per heavy atom. The number of nitrogens with two attached hydrogens (primary N) is 1. The fourth-order valence-corrected chi connectivity index (χ4v) is 3.59. The molecule has 192 valence electrons. The van der Waals surface area contributed by atoms with Gasteiger partial charge in [0.2, 0.25) is 11.6 Å². The SMILES string of the molecule is CCN(CC)Cc1nnn(-c2nonc2N)c1C(=O)N/N=C/c1ccc(OCc2ccccc2C)cc1. The van der Waals surface area contributed by atoms with E-state index in [1.54, 1.807) is 0 Å². The van der Waals surface area contributed by atoms with Crippen LogP contribution in [0.25, 0.3) is 5.82 Å². The molecule has 4 rings (SSSR count). The van der Waals surface area contributed by atoms with Gasteiger partial charge in [-0.15, -0.1) is 5.10 Å². The third-order valence-electron chi connectivity index (χ3n) is 5.83. The van der Waals surface area contributed by atoms with Gasteiger partial charge in [-0.3, -0.25) is 9.69 Å². The van der Waals surface area contributed by atoms with Gasteiger partial charge >= 0.3 is 0 Å². The summed E-state index contributed by atoms with van der Waals surface area (Å²) in [6.07, 6.45) is 1.53. The Balaban J connectivity index is 1.44. The first-order valence-electron chi connectivity index (χ1n) is 11.9. The molecule has 1 amide bonds. The highest BCUT2D eigenvalue weighted by molar-refractivity contribution is 5.95. The smallest absolute Gasteiger partial charge is 0.292 e. The molecule has 12 heteroatoms. The largest absolute Gasteiger partial charge is 0.489 e. The first-order valence-corrected chi connectivity index (χ1v) is 11.9. The Bertz CT molecular complexity index is 1360. The van der Waals surface area contributed by atoms with Gasteiger partial charge in [-0.2, -0.15) is 9.78 Å². The highest BCUT2D eigenvalue weighted by atomic mass is 16.6. The van der Waals surface area contributed by atoms with Crippen molar-refractivity contribution in [2.75, 3.05) is 18.8 Å². The molecule has 0 spiro atoms. The Hall–Kier alpha value is -4.58. The molecule has 0 bridgehead atoms. The van der Waals surface area contributed by atoms with Crippen LogP contribution in [0.4, 0.5) is 5.82 Å². The van der Waals surface area contributed by atoms with Crippen molar-refractivity contribution in [3.63, 3.8) is 0 Å². The van der Waals surface area contributed by atoms with E-state index in [0.717, 1.165) is 30.0 Å². The van der Waals surface area contributed by atoms with Crippen molar-refractivity contribution in [3.8, 4) is 11.6 Å². The zero-order chi connectivity index (χ0) is 26.2. The minimum Gasteiger partial charge on any atom is -0.489 e. The minimum atomic E-state index is -0.524. The summed E-state index contributed by atoms with van der Waals surface area (Å²) >= 11 is 0. The van der Waals surface area contributed by atoms with E-state index in [1.807, 2.05) is 56.3 Å². The predicted octanol–water partition coefficient (Wildman–Crippen LogP) is 2.73. The molecule has 2 heterocycles. The van der Waals surface area contributed by atoms with Gasteiger partial charge in [-0.25, -0.2) is 10.1 Å². The minimum absolute atomic E-state index is 0.0124. The number of hydrogen-bond acceptors (Lipinski definition) is 10. The van der Waals surface area contributed by atoms with Crippen LogP contribution >= 0.6 is 0 Å². The molecule has 0 atom stereocenters. The third-order valence-corrected chi connectivity index (χ3v) is 5.83. The summed E-state index contributed by atoms with van der Waals surface area (Å²) < 4.78 is 11.8. The van der Waals surface area contributed by atoms with E-state index in [9.17, 15) is 4.79 Å². The highest BCUT2D eigenvalue weighted by Gasteiger charge is 2.25. The fraction of sp³-hybridized carbons (Fsp3) is 0.280. The lowest BCUT2D eigenvalue weighted by Gasteiger charge is -2.16. The molecule has 0 saturated carbocycles. The van der Waals surface area contributed by atoms with E-state index in [2.05, 4.69) is 53.7 Å². The van der Waals surface area contributed by atoms with Crippen molar-refractivity contribution in [3.05, 3.63) is 76.6 Å². The van der Waals surface area contributed by atoms with Crippen molar-refractivity contribution in [1.29, 1.82) is 0 Å². The Kier molecular flexibility index (Phi) is 8.21. The molecule has 0 aliphatic carbocycles. The van der Waals surface area contributed by atoms with Gasteiger partial charge < -0.3 is 10.5 Å². The molecule has 4 aromatic rings. The van der Waals surface area contributed by atoms with E-state index in [4.69, 9.17) is 10.5 Å². The number of nitrogen functional groups attached to an aromatic ring is 1. The summed E-state index contributed by atoms with van der Waals surface area (Å²) in [7, 11) is 0. The van der Waals surface area contributed by atoms with Crippen LogP contribution in [0.3, 0.4) is 0 Å². The third kappa shape index (κ3) is 6.16. The number of hydrogen-bond donors (Lipinski definition) is 2. The lowest BCUT2D eigenvalue weighted by Crippen LogP contribution is -2.27. The number of carbonyl (C=O) groups is 1. The molecule has 12 nitrogen and oxygen atoms in total. The second-order valence-corrected chi connectivity index (χ2v) is 8.21. The van der Waals surface area contributed by atoms with Crippen molar-refractivity contribution < 1.29 is 14.2 Å². The first-order chi connectivity index (χ1) is 18.0. The number of rotatable bonds is 11. The number of nitrogens with one attached hydrogen (secondary N) is 1. The van der Waals surface area contributed by atoms with Crippen molar-refractivity contribution in [1.82, 2.24) is 35.6 Å². The quantitative estimate of drug-likeness (QED) is 0.233. The Labute approximate surface area is 214 Å². The summed E-state index contributed by atoms with van der Waals surface area (Å²) in [5, 5.41) is 19.6. The number of anilines is 1. The zero-order valence-electron chi connectivity index (χ0n) is 21.0. The zero-order valence-corrected chi connectivity index (χ0v) is 21.0. The normalized spacial score (nSPS) is 11.4. The lowest BCUT2D eigenvalue weighted by molar-refractivity contribution is 0.0945. The molecular weight excluding hydrogens is 474 g/mol. The van der Waals surface area contributed by atoms with E-state index in [0.29, 0.717) is 18.8 Å². The topological polar surface area (TPSA) is 150 Å². The van der Waals surface area contributed by atoms with Crippen LogP contribution < -0.4 is 15.9 Å². The number of aryl methyl sites for hydroxylation is 1. The maximum absolute atomic E-state index is 13.1. The summed E-state index contributed by atoms with van der Waals surface area (Å²) in [5.41, 5.74) is 12.0. The molecule has 3 N–H and O–H groups in total. The summed E-state index contributed by atoms with van der Waals surface area (Å²) in [6, 6.07) is 15.5. The van der Waals surface area contributed by atoms with Crippen molar-refractivity contribution in [2.24, 2.45) is 5.10 Å². The lowest BCUT2D eigenvalue weighted by atomic mass is 10.1. The van der Waals surface area contributed by atoms with Gasteiger partial charge in [0, 0.05) is 6.54 Å². The van der Waals surface area contributed by atoms with Crippen LogP contribution in [0, 0.1) is 6.92 Å². The average Bonchev–Trinajstić information content (AvgIpc) is 3.53. The van der Waals surface area contributed by atoms with Crippen LogP contribution in [-0.4, -0.2) is 55.4 Å². The molecule has 37 heavy (non-hydrogen) atoms. The van der Waals surface area contributed by atoms with Gasteiger partial charge in [0.15, 0.2) is 5.69 Å². The molecule has 0 aliphatic rings. The number of carbonyl (C=O) groups excluding carboxylic acids is 1. The van der Waals surface area contributed by atoms with Gasteiger partial charge in [0.25, 0.3) is 5.91 Å². The standard InChI is InChI=1S/C25H29N9O3/c1-4-33(5-2)15-21-22(34(32-28-21)24-23(26)30-37-31-24)25(35)29-27-14-18-10-12-20(13-11-18)36-16-19-9-7-6-8-17(19)3/h6-14H,4-5,15-16H2,1-3H3,(H2,26,30)(H,29,35)/b27-14+. The van der Waals surface area contributed by atoms with Gasteiger partial charge in [-0.05, 0) is 71.3 Å². The first kappa shape index (κ1) is 25.5. The molecule has 0 fully saturated rings. The predicted molar refractivity (Wildman–Crippen MR) is 137 cm³/mol. The summed E-state index contributed by atoms with van der Waals surface area (Å²) in [4.78, 5) is 15.2. The summed E-state index contributed by atoms with van der Waals surface area (Å²) in [6.45, 7) is 8.56. The van der Waals surface area contributed by atoms with Crippen molar-refractivity contribution in [2.45, 2.75) is 33.9 Å². The summed E-state index contributed by atoms with van der Waals surface area (Å²) in [5.74, 6) is 0.276. The maximum atomic E-state index is 13.1. The number of benzene rings is 2. The van der Waals surface area contributed by atoms with Gasteiger partial charge in [0.1, 0.15) is 18.1 Å². The van der Waals surface area contributed by atoms with Crippen LogP contribution in [0.15, 0.2) is 58.3 Å². The second kappa shape index (κ2) is 11.9.